The summed E-state index contributed by atoms with van der Waals surface area (Å²) in [6.45, 7) is 6.20. The average Bonchev–Trinajstić information content (AvgIpc) is 2.77. The van der Waals surface area contributed by atoms with E-state index in [-0.39, 0.29) is 5.78 Å². The minimum Gasteiger partial charge on any atom is -0.452 e. The van der Waals surface area contributed by atoms with E-state index >= 15 is 0 Å². The Bertz CT molecular complexity index is 771. The number of aryl methyl sites for hydroxylation is 1. The third-order valence-corrected chi connectivity index (χ3v) is 4.26. The quantitative estimate of drug-likeness (QED) is 0.695. The van der Waals surface area contributed by atoms with Crippen LogP contribution in [0, 0.1) is 6.92 Å². The molecule has 1 heterocycles. The van der Waals surface area contributed by atoms with Crippen molar-refractivity contribution in [3.63, 3.8) is 0 Å². The third kappa shape index (κ3) is 2.67. The van der Waals surface area contributed by atoms with E-state index < -0.39 is 0 Å². The fraction of sp³-hybridized carbons (Fsp3) is 0.211. The molecule has 0 bridgehead atoms. The van der Waals surface area contributed by atoms with Crippen LogP contribution in [0.2, 0.25) is 5.02 Å². The van der Waals surface area contributed by atoms with Crippen LogP contribution in [0.5, 0.6) is 5.75 Å². The molecule has 0 saturated carbocycles. The van der Waals surface area contributed by atoms with Crippen LogP contribution in [0.4, 0.5) is 0 Å². The van der Waals surface area contributed by atoms with Crippen LogP contribution >= 0.6 is 11.6 Å². The zero-order chi connectivity index (χ0) is 15.9. The number of ether oxygens (including phenoxy) is 1. The SMILES string of the molecule is Cc1cc2c(cc1Cl)C(=O)/C(=C/c1ccc(C(C)C)cc1)O2. The smallest absolute Gasteiger partial charge is 0.232 e. The van der Waals surface area contributed by atoms with Crippen LogP contribution in [-0.2, 0) is 0 Å². The Morgan fingerprint density at radius 3 is 2.45 bits per heavy atom. The molecular formula is C19H17ClO2. The molecule has 0 N–H and O–H groups in total. The molecule has 0 atom stereocenters. The maximum Gasteiger partial charge on any atom is 0.232 e. The highest BCUT2D eigenvalue weighted by Crippen LogP contribution is 2.35. The van der Waals surface area contributed by atoms with Crippen molar-refractivity contribution in [1.82, 2.24) is 0 Å². The lowest BCUT2D eigenvalue weighted by Crippen LogP contribution is -1.98. The first-order chi connectivity index (χ1) is 10.5. The van der Waals surface area contributed by atoms with Gasteiger partial charge in [0.1, 0.15) is 5.75 Å². The van der Waals surface area contributed by atoms with Crippen molar-refractivity contribution in [2.24, 2.45) is 0 Å². The zero-order valence-corrected chi connectivity index (χ0v) is 13.6. The van der Waals surface area contributed by atoms with Crippen molar-refractivity contribution in [1.29, 1.82) is 0 Å². The molecule has 0 radical (unpaired) electrons. The summed E-state index contributed by atoms with van der Waals surface area (Å²) in [6, 6.07) is 11.6. The summed E-state index contributed by atoms with van der Waals surface area (Å²) in [5.74, 6) is 1.29. The zero-order valence-electron chi connectivity index (χ0n) is 12.8. The number of rotatable bonds is 2. The second-order valence-corrected chi connectivity index (χ2v) is 6.27. The number of carbonyl (C=O) groups is 1. The van der Waals surface area contributed by atoms with Crippen molar-refractivity contribution in [2.75, 3.05) is 0 Å². The van der Waals surface area contributed by atoms with Crippen molar-refractivity contribution in [3.8, 4) is 5.75 Å². The molecule has 1 aliphatic rings. The Labute approximate surface area is 135 Å². The lowest BCUT2D eigenvalue weighted by Gasteiger charge is -2.05. The molecule has 0 saturated heterocycles. The van der Waals surface area contributed by atoms with E-state index in [9.17, 15) is 4.79 Å². The van der Waals surface area contributed by atoms with E-state index in [1.165, 1.54) is 5.56 Å². The second kappa shape index (κ2) is 5.62. The van der Waals surface area contributed by atoms with Gasteiger partial charge in [-0.3, -0.25) is 4.79 Å². The normalized spacial score (nSPS) is 15.3. The van der Waals surface area contributed by atoms with Gasteiger partial charge in [0.15, 0.2) is 5.76 Å². The third-order valence-electron chi connectivity index (χ3n) is 3.85. The molecule has 2 aromatic carbocycles. The van der Waals surface area contributed by atoms with Crippen LogP contribution in [-0.4, -0.2) is 5.78 Å². The molecule has 0 aliphatic carbocycles. The highest BCUT2D eigenvalue weighted by molar-refractivity contribution is 6.32. The van der Waals surface area contributed by atoms with Crippen LogP contribution in [0.1, 0.15) is 46.8 Å². The second-order valence-electron chi connectivity index (χ2n) is 5.86. The highest BCUT2D eigenvalue weighted by Gasteiger charge is 2.28. The Kier molecular flexibility index (Phi) is 3.79. The van der Waals surface area contributed by atoms with Gasteiger partial charge < -0.3 is 4.74 Å². The number of hydrogen-bond donors (Lipinski definition) is 0. The largest absolute Gasteiger partial charge is 0.452 e. The minimum atomic E-state index is -0.121. The molecule has 2 aromatic rings. The maximum atomic E-state index is 12.4. The van der Waals surface area contributed by atoms with Gasteiger partial charge in [0, 0.05) is 5.02 Å². The van der Waals surface area contributed by atoms with Crippen LogP contribution in [0.25, 0.3) is 6.08 Å². The number of benzene rings is 2. The van der Waals surface area contributed by atoms with Gasteiger partial charge in [-0.15, -0.1) is 0 Å². The van der Waals surface area contributed by atoms with Crippen molar-refractivity contribution >= 4 is 23.5 Å². The molecule has 3 heteroatoms. The van der Waals surface area contributed by atoms with Crippen LogP contribution < -0.4 is 4.74 Å². The Morgan fingerprint density at radius 1 is 1.14 bits per heavy atom. The lowest BCUT2D eigenvalue weighted by molar-refractivity contribution is 0.101. The molecule has 0 unspecified atom stereocenters. The number of carbonyl (C=O) groups excluding carboxylic acids is 1. The van der Waals surface area contributed by atoms with Gasteiger partial charge in [-0.25, -0.2) is 0 Å². The predicted molar refractivity (Wildman–Crippen MR) is 89.7 cm³/mol. The number of hydrogen-bond acceptors (Lipinski definition) is 2. The van der Waals surface area contributed by atoms with E-state index in [2.05, 4.69) is 26.0 Å². The first-order valence-corrected chi connectivity index (χ1v) is 7.68. The van der Waals surface area contributed by atoms with E-state index in [0.717, 1.165) is 11.1 Å². The Hall–Kier alpha value is -2.06. The van der Waals surface area contributed by atoms with Crippen molar-refractivity contribution < 1.29 is 9.53 Å². The first-order valence-electron chi connectivity index (χ1n) is 7.30. The van der Waals surface area contributed by atoms with Gasteiger partial charge in [-0.05, 0) is 47.7 Å². The fourth-order valence-electron chi connectivity index (χ4n) is 2.44. The number of fused-ring (bicyclic) bond motifs is 1. The van der Waals surface area contributed by atoms with E-state index in [0.29, 0.717) is 28.0 Å². The topological polar surface area (TPSA) is 26.3 Å². The summed E-state index contributed by atoms with van der Waals surface area (Å²) in [5.41, 5.74) is 3.64. The Balaban J connectivity index is 1.92. The van der Waals surface area contributed by atoms with E-state index in [4.69, 9.17) is 16.3 Å². The summed E-state index contributed by atoms with van der Waals surface area (Å²) in [5, 5.41) is 0.582. The van der Waals surface area contributed by atoms with Gasteiger partial charge in [0.2, 0.25) is 5.78 Å². The lowest BCUT2D eigenvalue weighted by atomic mass is 10.0. The average molecular weight is 313 g/mol. The van der Waals surface area contributed by atoms with E-state index in [1.54, 1.807) is 18.2 Å². The van der Waals surface area contributed by atoms with Crippen LogP contribution in [0.15, 0.2) is 42.2 Å². The summed E-state index contributed by atoms with van der Waals surface area (Å²) < 4.78 is 5.69. The Morgan fingerprint density at radius 2 is 1.82 bits per heavy atom. The number of halogens is 1. The van der Waals surface area contributed by atoms with Crippen molar-refractivity contribution in [2.45, 2.75) is 26.7 Å². The molecule has 0 fully saturated rings. The molecule has 0 spiro atoms. The van der Waals surface area contributed by atoms with E-state index in [1.807, 2.05) is 19.1 Å². The monoisotopic (exact) mass is 312 g/mol. The van der Waals surface area contributed by atoms with Gasteiger partial charge in [0.25, 0.3) is 0 Å². The van der Waals surface area contributed by atoms with Gasteiger partial charge in [-0.2, -0.15) is 0 Å². The molecule has 22 heavy (non-hydrogen) atoms. The first kappa shape index (κ1) is 14.9. The van der Waals surface area contributed by atoms with Crippen molar-refractivity contribution in [3.05, 3.63) is 69.4 Å². The fourth-order valence-corrected chi connectivity index (χ4v) is 2.60. The summed E-state index contributed by atoms with van der Waals surface area (Å²) in [4.78, 5) is 12.4. The minimum absolute atomic E-state index is 0.121. The standard InChI is InChI=1S/C19H17ClO2/c1-11(2)14-6-4-13(5-7-14)9-18-19(21)15-10-16(20)12(3)8-17(15)22-18/h4-11H,1-3H3/b18-9-. The predicted octanol–water partition coefficient (Wildman–Crippen LogP) is 5.39. The highest BCUT2D eigenvalue weighted by atomic mass is 35.5. The molecular weight excluding hydrogens is 296 g/mol. The van der Waals surface area contributed by atoms with Crippen LogP contribution in [0.3, 0.4) is 0 Å². The molecule has 3 rings (SSSR count). The number of Topliss-reactive ketones (excluding diaryl/α,β-unsaturated/α-hetero) is 1. The number of allylic oxidation sites excluding steroid dienone is 1. The molecule has 0 amide bonds. The maximum absolute atomic E-state index is 12.4. The van der Waals surface area contributed by atoms with Gasteiger partial charge in [0.05, 0.1) is 5.56 Å². The summed E-state index contributed by atoms with van der Waals surface area (Å²) in [7, 11) is 0. The molecule has 0 aromatic heterocycles. The molecule has 1 aliphatic heterocycles. The summed E-state index contributed by atoms with van der Waals surface area (Å²) in [6.07, 6.45) is 1.77. The van der Waals surface area contributed by atoms with Gasteiger partial charge in [-0.1, -0.05) is 49.7 Å². The van der Waals surface area contributed by atoms with Gasteiger partial charge >= 0.3 is 0 Å². The number of ketones is 1. The molecule has 2 nitrogen and oxygen atoms in total. The summed E-state index contributed by atoms with van der Waals surface area (Å²) >= 11 is 6.09. The molecule has 112 valence electrons.